The Balaban J connectivity index is 1.81. The average molecular weight is 870 g/mol. The van der Waals surface area contributed by atoms with E-state index in [1.807, 2.05) is 0 Å². The van der Waals surface area contributed by atoms with Crippen molar-refractivity contribution < 1.29 is 91.4 Å². The Hall–Kier alpha value is -3.76. The van der Waals surface area contributed by atoms with Gasteiger partial charge in [-0.25, -0.2) is 9.59 Å². The molecule has 3 unspecified atom stereocenters. The Morgan fingerprint density at radius 3 is 1.34 bits per heavy atom. The summed E-state index contributed by atoms with van der Waals surface area (Å²) in [5.41, 5.74) is 4.44. The topological polar surface area (TPSA) is 134 Å². The molecule has 0 heterocycles. The van der Waals surface area contributed by atoms with Crippen LogP contribution < -0.4 is 5.73 Å². The molecule has 0 bridgehead atoms. The number of anilines is 1. The monoisotopic (exact) mass is 869 g/mol. The van der Waals surface area contributed by atoms with Gasteiger partial charge in [-0.2, -0.15) is 43.9 Å². The summed E-state index contributed by atoms with van der Waals surface area (Å²) in [6.45, 7) is -0.711. The van der Waals surface area contributed by atoms with Crippen LogP contribution in [0.15, 0.2) is 48.5 Å². The van der Waals surface area contributed by atoms with Crippen LogP contribution in [0.25, 0.3) is 0 Å². The number of carbonyl (C=O) groups is 2. The van der Waals surface area contributed by atoms with Crippen molar-refractivity contribution in [2.75, 3.05) is 91.6 Å². The minimum atomic E-state index is -5.83. The summed E-state index contributed by atoms with van der Waals surface area (Å²) < 4.78 is 172. The van der Waals surface area contributed by atoms with E-state index in [0.29, 0.717) is 5.69 Å². The molecule has 2 aromatic rings. The van der Waals surface area contributed by atoms with Gasteiger partial charge in [0, 0.05) is 16.5 Å². The first-order chi connectivity index (χ1) is 27.3. The van der Waals surface area contributed by atoms with Crippen molar-refractivity contribution in [1.29, 1.82) is 0 Å². The van der Waals surface area contributed by atoms with Crippen molar-refractivity contribution in [3.05, 3.63) is 65.2 Å². The van der Waals surface area contributed by atoms with Crippen LogP contribution in [0.5, 0.6) is 0 Å². The maximum absolute atomic E-state index is 13.4. The molecule has 0 saturated carbocycles. The fourth-order valence-corrected chi connectivity index (χ4v) is 4.58. The summed E-state index contributed by atoms with van der Waals surface area (Å²) in [4.78, 5) is 25.0. The van der Waals surface area contributed by atoms with Gasteiger partial charge < -0.3 is 43.6 Å². The van der Waals surface area contributed by atoms with Crippen LogP contribution in [0.1, 0.15) is 47.1 Å². The van der Waals surface area contributed by atoms with Crippen LogP contribution in [0.3, 0.4) is 0 Å². The molecule has 2 aromatic carbocycles. The molecule has 0 amide bonds. The normalized spacial score (nSPS) is 15.3. The molecule has 336 valence electrons. The molecule has 2 rings (SSSR count). The van der Waals surface area contributed by atoms with Gasteiger partial charge in [-0.1, -0.05) is 31.5 Å². The van der Waals surface area contributed by atoms with Crippen LogP contribution in [0.4, 0.5) is 49.6 Å². The van der Waals surface area contributed by atoms with Crippen molar-refractivity contribution in [1.82, 2.24) is 0 Å². The fraction of sp³-hybridized carbons (Fsp3) is 0.632. The second kappa shape index (κ2) is 22.7. The Bertz CT molecular complexity index is 1560. The lowest BCUT2D eigenvalue weighted by Crippen LogP contribution is -2.43. The van der Waals surface area contributed by atoms with Gasteiger partial charge in [0.25, 0.3) is 0 Å². The minimum absolute atomic E-state index is 0.0198. The third-order valence-electron chi connectivity index (χ3n) is 8.09. The van der Waals surface area contributed by atoms with E-state index >= 15 is 0 Å². The number of carbonyl (C=O) groups excluding carboxylic acids is 2. The number of hydrogen-bond donors (Lipinski definition) is 1. The lowest BCUT2D eigenvalue weighted by atomic mass is 9.94. The zero-order chi connectivity index (χ0) is 44.5. The van der Waals surface area contributed by atoms with Crippen LogP contribution in [0.2, 0.25) is 0 Å². The van der Waals surface area contributed by atoms with Crippen LogP contribution >= 0.6 is 0 Å². The highest BCUT2D eigenvalue weighted by Crippen LogP contribution is 2.37. The molecule has 0 fully saturated rings. The molecule has 0 spiro atoms. The van der Waals surface area contributed by atoms with E-state index in [4.69, 9.17) is 43.6 Å². The number of ether oxygens (including phenoxy) is 8. The zero-order valence-electron chi connectivity index (χ0n) is 32.8. The number of esters is 2. The number of hydrogen-bond acceptors (Lipinski definition) is 11. The summed E-state index contributed by atoms with van der Waals surface area (Å²) in [7, 11) is 0. The number of aryl methyl sites for hydroxylation is 1. The van der Waals surface area contributed by atoms with E-state index in [1.165, 1.54) is 50.2 Å². The van der Waals surface area contributed by atoms with Crippen molar-refractivity contribution in [2.24, 2.45) is 10.8 Å². The third kappa shape index (κ3) is 18.6. The molecule has 0 aliphatic heterocycles. The minimum Gasteiger partial charge on any atom is -0.461 e. The largest absolute Gasteiger partial charge is 0.461 e. The van der Waals surface area contributed by atoms with Gasteiger partial charge in [0.1, 0.15) is 26.4 Å². The Kier molecular flexibility index (Phi) is 19.8. The van der Waals surface area contributed by atoms with Crippen LogP contribution in [-0.4, -0.2) is 128 Å². The van der Waals surface area contributed by atoms with Gasteiger partial charge in [0.05, 0.1) is 76.7 Å². The van der Waals surface area contributed by atoms with E-state index in [0.717, 1.165) is 5.56 Å². The molecule has 0 aromatic heterocycles. The van der Waals surface area contributed by atoms with Gasteiger partial charge in [0.15, 0.2) is 0 Å². The summed E-state index contributed by atoms with van der Waals surface area (Å²) >= 11 is 0. The van der Waals surface area contributed by atoms with Crippen molar-refractivity contribution in [3.8, 4) is 0 Å². The van der Waals surface area contributed by atoms with E-state index < -0.39 is 92.7 Å². The molecule has 3 atom stereocenters. The first kappa shape index (κ1) is 51.4. The molecular formula is C38H49F10NO10. The third-order valence-corrected chi connectivity index (χ3v) is 8.09. The van der Waals surface area contributed by atoms with Crippen LogP contribution in [-0.2, 0) is 37.9 Å². The van der Waals surface area contributed by atoms with Gasteiger partial charge >= 0.3 is 36.1 Å². The molecular weight excluding hydrogens is 820 g/mol. The predicted octanol–water partition coefficient (Wildman–Crippen LogP) is 7.49. The Labute approximate surface area is 334 Å². The SMILES string of the molecule is Cc1ccc(C(=O)OCC(C)(COCCOC(C)COCCOCC(C)(COCC(F)(F)C(F)(F)F)COC(=O)c2ccc(N)cc2)COCC(F)(F)C(F)(F)F)cc1. The quantitative estimate of drug-likeness (QED) is 0.0415. The number of nitrogens with two attached hydrogens (primary N) is 1. The van der Waals surface area contributed by atoms with Gasteiger partial charge in [-0.3, -0.25) is 0 Å². The Morgan fingerprint density at radius 2 is 0.915 bits per heavy atom. The predicted molar refractivity (Wildman–Crippen MR) is 190 cm³/mol. The van der Waals surface area contributed by atoms with Gasteiger partial charge in [0.2, 0.25) is 0 Å². The summed E-state index contributed by atoms with van der Waals surface area (Å²) in [6.07, 6.45) is -12.2. The molecule has 2 N–H and O–H groups in total. The second-order valence-corrected chi connectivity index (χ2v) is 14.5. The average Bonchev–Trinajstić information content (AvgIpc) is 3.14. The maximum Gasteiger partial charge on any atom is 0.455 e. The standard InChI is InChI=1S/C38H49F10NO10/c1-26-5-7-28(8-6-26)31(50)58-23-34(4,21-56-25-36(41,42)38(46,47)48)19-54-15-16-57-27(2)17-52-13-14-53-18-33(3,20-55-24-35(39,40)37(43,44)45)22-59-32(51)29-9-11-30(49)12-10-29/h5-12,27H,13-25,49H2,1-4H3. The highest BCUT2D eigenvalue weighted by atomic mass is 19.4. The fourth-order valence-electron chi connectivity index (χ4n) is 4.58. The number of nitrogen functional groups attached to an aromatic ring is 1. The molecule has 0 radical (unpaired) electrons. The van der Waals surface area contributed by atoms with E-state index in [-0.39, 0.29) is 57.4 Å². The summed E-state index contributed by atoms with van der Waals surface area (Å²) in [5.74, 6) is -11.8. The zero-order valence-corrected chi connectivity index (χ0v) is 32.8. The lowest BCUT2D eigenvalue weighted by molar-refractivity contribution is -0.298. The smallest absolute Gasteiger partial charge is 0.455 e. The maximum atomic E-state index is 13.4. The number of benzene rings is 2. The van der Waals surface area contributed by atoms with Gasteiger partial charge in [-0.05, 0) is 50.2 Å². The van der Waals surface area contributed by atoms with Crippen molar-refractivity contribution >= 4 is 17.6 Å². The number of alkyl halides is 10. The molecule has 0 aliphatic carbocycles. The van der Waals surface area contributed by atoms with Gasteiger partial charge in [-0.15, -0.1) is 0 Å². The van der Waals surface area contributed by atoms with E-state index in [1.54, 1.807) is 26.0 Å². The molecule has 0 aliphatic rings. The molecule has 11 nitrogen and oxygen atoms in total. The van der Waals surface area contributed by atoms with Crippen molar-refractivity contribution in [2.45, 2.75) is 58.0 Å². The molecule has 59 heavy (non-hydrogen) atoms. The second-order valence-electron chi connectivity index (χ2n) is 14.5. The highest BCUT2D eigenvalue weighted by Gasteiger charge is 2.58. The van der Waals surface area contributed by atoms with Crippen LogP contribution in [0, 0.1) is 17.8 Å². The number of rotatable bonds is 27. The summed E-state index contributed by atoms with van der Waals surface area (Å²) in [6, 6.07) is 12.0. The number of halogens is 10. The summed E-state index contributed by atoms with van der Waals surface area (Å²) in [5, 5.41) is 0. The van der Waals surface area contributed by atoms with Crippen molar-refractivity contribution in [3.63, 3.8) is 0 Å². The van der Waals surface area contributed by atoms with E-state index in [9.17, 15) is 53.5 Å². The highest BCUT2D eigenvalue weighted by molar-refractivity contribution is 5.90. The lowest BCUT2D eigenvalue weighted by Gasteiger charge is -2.30. The van der Waals surface area contributed by atoms with E-state index in [2.05, 4.69) is 0 Å². The first-order valence-corrected chi connectivity index (χ1v) is 17.9. The Morgan fingerprint density at radius 1 is 0.542 bits per heavy atom. The molecule has 0 saturated heterocycles. The molecule has 21 heteroatoms. The first-order valence-electron chi connectivity index (χ1n) is 17.9.